The summed E-state index contributed by atoms with van der Waals surface area (Å²) in [5.41, 5.74) is 6.46. The SMILES string of the molecule is CCN1C2=C(C(=O)CC(C)(C)C2)C(c2cc(Br)cc(Br)c2OCC(=O)Nc2cc(C)ccc2C)C2=C1CC(C)(C)CC2=O. The standard InChI is InChI=1S/C35H40Br2N2O4/c1-8-39-25-14-34(4,5)16-27(40)31(25)30(32-26(39)15-35(6,7)17-28(32)41)22-12-21(36)13-23(37)33(22)43-18-29(42)38-24-11-19(2)9-10-20(24)3/h9-13,30H,8,14-18H2,1-7H3,(H,38,42). The molecular formula is C35H40Br2N2O4. The summed E-state index contributed by atoms with van der Waals surface area (Å²) in [4.78, 5) is 43.5. The largest absolute Gasteiger partial charge is 0.482 e. The van der Waals surface area contributed by atoms with Gasteiger partial charge in [0.15, 0.2) is 18.2 Å². The van der Waals surface area contributed by atoms with Crippen molar-refractivity contribution in [3.05, 3.63) is 78.5 Å². The van der Waals surface area contributed by atoms with E-state index < -0.39 is 5.92 Å². The van der Waals surface area contributed by atoms with E-state index in [1.54, 1.807) is 0 Å². The number of nitrogens with zero attached hydrogens (tertiary/aromatic N) is 1. The van der Waals surface area contributed by atoms with Crippen molar-refractivity contribution in [3.8, 4) is 5.75 Å². The number of benzene rings is 2. The molecular weight excluding hydrogens is 672 g/mol. The molecule has 2 aromatic rings. The molecule has 3 aliphatic rings. The van der Waals surface area contributed by atoms with Crippen LogP contribution in [0.1, 0.15) is 82.9 Å². The highest BCUT2D eigenvalue weighted by Gasteiger charge is 2.49. The molecule has 0 saturated carbocycles. The van der Waals surface area contributed by atoms with E-state index in [1.165, 1.54) is 0 Å². The number of aryl methyl sites for hydroxylation is 2. The number of ether oxygens (including phenoxy) is 1. The Morgan fingerprint density at radius 2 is 1.51 bits per heavy atom. The van der Waals surface area contributed by atoms with E-state index in [-0.39, 0.29) is 34.9 Å². The first-order valence-electron chi connectivity index (χ1n) is 14.9. The third-order valence-corrected chi connectivity index (χ3v) is 9.75. The van der Waals surface area contributed by atoms with Gasteiger partial charge < -0.3 is 15.0 Å². The predicted molar refractivity (Wildman–Crippen MR) is 177 cm³/mol. The van der Waals surface area contributed by atoms with Gasteiger partial charge in [-0.15, -0.1) is 0 Å². The minimum absolute atomic E-state index is 0.0635. The molecule has 8 heteroatoms. The third kappa shape index (κ3) is 6.28. The molecule has 0 spiro atoms. The second kappa shape index (κ2) is 11.7. The van der Waals surface area contributed by atoms with Gasteiger partial charge in [-0.2, -0.15) is 0 Å². The molecule has 0 bridgehead atoms. The Bertz CT molecular complexity index is 1550. The van der Waals surface area contributed by atoms with E-state index >= 15 is 0 Å². The number of hydrogen-bond acceptors (Lipinski definition) is 5. The van der Waals surface area contributed by atoms with Crippen molar-refractivity contribution in [2.24, 2.45) is 10.8 Å². The molecule has 6 nitrogen and oxygen atoms in total. The molecule has 5 rings (SSSR count). The van der Waals surface area contributed by atoms with Crippen LogP contribution in [-0.2, 0) is 14.4 Å². The monoisotopic (exact) mass is 710 g/mol. The van der Waals surface area contributed by atoms with Crippen molar-refractivity contribution in [2.45, 2.75) is 80.1 Å². The molecule has 228 valence electrons. The van der Waals surface area contributed by atoms with E-state index in [0.717, 1.165) is 45.5 Å². The van der Waals surface area contributed by atoms with E-state index in [4.69, 9.17) is 4.74 Å². The van der Waals surface area contributed by atoms with Crippen LogP contribution >= 0.6 is 31.9 Å². The molecule has 0 atom stereocenters. The summed E-state index contributed by atoms with van der Waals surface area (Å²) in [5.74, 6) is -0.280. The summed E-state index contributed by atoms with van der Waals surface area (Å²) in [5, 5.41) is 2.97. The molecule has 1 heterocycles. The number of rotatable bonds is 6. The number of halogens is 2. The molecule has 1 amide bonds. The fourth-order valence-electron chi connectivity index (χ4n) is 6.88. The van der Waals surface area contributed by atoms with Crippen molar-refractivity contribution < 1.29 is 19.1 Å². The molecule has 0 fully saturated rings. The van der Waals surface area contributed by atoms with Crippen LogP contribution in [0.5, 0.6) is 5.75 Å². The highest BCUT2D eigenvalue weighted by Crippen LogP contribution is 2.56. The first-order valence-corrected chi connectivity index (χ1v) is 16.5. The van der Waals surface area contributed by atoms with E-state index in [1.807, 2.05) is 44.2 Å². The summed E-state index contributed by atoms with van der Waals surface area (Å²) >= 11 is 7.32. The molecule has 1 aliphatic heterocycles. The van der Waals surface area contributed by atoms with Gasteiger partial charge in [0.1, 0.15) is 5.75 Å². The van der Waals surface area contributed by atoms with Crippen molar-refractivity contribution in [1.82, 2.24) is 4.90 Å². The maximum absolute atomic E-state index is 14.1. The number of ketones is 2. The normalized spacial score (nSPS) is 19.8. The van der Waals surface area contributed by atoms with Gasteiger partial charge in [-0.3, -0.25) is 14.4 Å². The summed E-state index contributed by atoms with van der Waals surface area (Å²) in [6.07, 6.45) is 2.30. The lowest BCUT2D eigenvalue weighted by molar-refractivity contribution is -0.120. The summed E-state index contributed by atoms with van der Waals surface area (Å²) in [7, 11) is 0. The summed E-state index contributed by atoms with van der Waals surface area (Å²) < 4.78 is 7.72. The van der Waals surface area contributed by atoms with Gasteiger partial charge in [0.05, 0.1) is 4.47 Å². The number of carbonyl (C=O) groups excluding carboxylic acids is 3. The van der Waals surface area contributed by atoms with Gasteiger partial charge in [0.25, 0.3) is 5.91 Å². The number of nitrogens with one attached hydrogen (secondary N) is 1. The van der Waals surface area contributed by atoms with Crippen LogP contribution in [0.3, 0.4) is 0 Å². The Labute approximate surface area is 271 Å². The molecule has 2 aliphatic carbocycles. The van der Waals surface area contributed by atoms with Gasteiger partial charge >= 0.3 is 0 Å². The first-order chi connectivity index (χ1) is 20.1. The number of anilines is 1. The number of Topliss-reactive ketones (excluding diaryl/α,β-unsaturated/α-hetero) is 2. The fraction of sp³-hybridized carbons (Fsp3) is 0.457. The van der Waals surface area contributed by atoms with Crippen LogP contribution in [0.25, 0.3) is 0 Å². The minimum atomic E-state index is -0.578. The molecule has 0 radical (unpaired) electrons. The minimum Gasteiger partial charge on any atom is -0.482 e. The second-order valence-electron chi connectivity index (χ2n) is 13.7. The maximum atomic E-state index is 14.1. The topological polar surface area (TPSA) is 75.7 Å². The maximum Gasteiger partial charge on any atom is 0.262 e. The third-order valence-electron chi connectivity index (χ3n) is 8.70. The summed E-state index contributed by atoms with van der Waals surface area (Å²) in [6, 6.07) is 9.71. The number of carbonyl (C=O) groups is 3. The summed E-state index contributed by atoms with van der Waals surface area (Å²) in [6.45, 7) is 15.0. The lowest BCUT2D eigenvalue weighted by Crippen LogP contribution is -2.44. The smallest absolute Gasteiger partial charge is 0.262 e. The molecule has 1 N–H and O–H groups in total. The zero-order chi connectivity index (χ0) is 31.4. The predicted octanol–water partition coefficient (Wildman–Crippen LogP) is 8.55. The van der Waals surface area contributed by atoms with E-state index in [0.29, 0.717) is 46.3 Å². The quantitative estimate of drug-likeness (QED) is 0.325. The Hall–Kier alpha value is -2.71. The van der Waals surface area contributed by atoms with Gasteiger partial charge in [-0.1, -0.05) is 55.8 Å². The zero-order valence-corrected chi connectivity index (χ0v) is 29.2. The number of amides is 1. The highest BCUT2D eigenvalue weighted by molar-refractivity contribution is 9.11. The molecule has 43 heavy (non-hydrogen) atoms. The van der Waals surface area contributed by atoms with Crippen LogP contribution in [0.2, 0.25) is 0 Å². The lowest BCUT2D eigenvalue weighted by atomic mass is 9.63. The fourth-order valence-corrected chi connectivity index (χ4v) is 8.25. The van der Waals surface area contributed by atoms with Crippen molar-refractivity contribution >= 4 is 55.0 Å². The van der Waals surface area contributed by atoms with Gasteiger partial charge in [-0.25, -0.2) is 0 Å². The Balaban J connectivity index is 1.62. The van der Waals surface area contributed by atoms with Crippen molar-refractivity contribution in [2.75, 3.05) is 18.5 Å². The molecule has 2 aromatic carbocycles. The highest BCUT2D eigenvalue weighted by atomic mass is 79.9. The number of allylic oxidation sites excluding steroid dienone is 4. The van der Waals surface area contributed by atoms with Crippen LogP contribution in [0, 0.1) is 24.7 Å². The molecule has 0 unspecified atom stereocenters. The Morgan fingerprint density at radius 1 is 0.930 bits per heavy atom. The molecule has 0 saturated heterocycles. The van der Waals surface area contributed by atoms with Crippen LogP contribution in [0.4, 0.5) is 5.69 Å². The average Bonchev–Trinajstić information content (AvgIpc) is 2.87. The Kier molecular flexibility index (Phi) is 8.60. The van der Waals surface area contributed by atoms with Crippen LogP contribution in [-0.4, -0.2) is 35.5 Å². The second-order valence-corrected chi connectivity index (χ2v) is 15.5. The number of hydrogen-bond donors (Lipinski definition) is 1. The van der Waals surface area contributed by atoms with Crippen molar-refractivity contribution in [1.29, 1.82) is 0 Å². The van der Waals surface area contributed by atoms with Gasteiger partial charge in [-0.05, 0) is 89.7 Å². The lowest BCUT2D eigenvalue weighted by Gasteiger charge is -2.49. The van der Waals surface area contributed by atoms with Gasteiger partial charge in [0, 0.05) is 63.6 Å². The van der Waals surface area contributed by atoms with Crippen LogP contribution in [0.15, 0.2) is 61.8 Å². The van der Waals surface area contributed by atoms with Crippen molar-refractivity contribution in [3.63, 3.8) is 0 Å². The van der Waals surface area contributed by atoms with Gasteiger partial charge in [0.2, 0.25) is 0 Å². The Morgan fingerprint density at radius 3 is 2.07 bits per heavy atom. The van der Waals surface area contributed by atoms with E-state index in [9.17, 15) is 14.4 Å². The average molecular weight is 713 g/mol. The van der Waals surface area contributed by atoms with E-state index in [2.05, 4.69) is 76.7 Å². The van der Waals surface area contributed by atoms with Crippen LogP contribution < -0.4 is 10.1 Å². The molecule has 0 aromatic heterocycles. The first kappa shape index (κ1) is 31.7. The zero-order valence-electron chi connectivity index (χ0n) is 26.0.